The number of alkyl carbamates (subject to hydrolysis) is 1. The minimum atomic E-state index is -4.54. The zero-order chi connectivity index (χ0) is 35.5. The Hall–Kier alpha value is -4.88. The minimum absolute atomic E-state index is 0.140. The van der Waals surface area contributed by atoms with E-state index in [0.29, 0.717) is 40.8 Å². The van der Waals surface area contributed by atoms with E-state index >= 15 is 0 Å². The summed E-state index contributed by atoms with van der Waals surface area (Å²) in [5.41, 5.74) is 8.34. The zero-order valence-corrected chi connectivity index (χ0v) is 27.7. The maximum Gasteiger partial charge on any atom is 0.416 e. The second-order valence-corrected chi connectivity index (χ2v) is 13.0. The molecule has 0 unspecified atom stereocenters. The Morgan fingerprint density at radius 2 is 1.67 bits per heavy atom. The number of quaternary nitrogens is 1. The molecule has 0 radical (unpaired) electrons. The molecule has 258 valence electrons. The maximum absolute atomic E-state index is 13.7. The molecule has 0 aliphatic heterocycles. The van der Waals surface area contributed by atoms with Gasteiger partial charge in [0.05, 0.1) is 56.7 Å². The number of hydrogen-bond acceptors (Lipinski definition) is 6. The molecule has 0 saturated heterocycles. The Morgan fingerprint density at radius 1 is 0.979 bits per heavy atom. The smallest absolute Gasteiger partial charge is 0.416 e. The number of aromatic nitrogens is 1. The molecule has 2 aromatic carbocycles. The topological polar surface area (TPSA) is 158 Å². The predicted octanol–water partition coefficient (Wildman–Crippen LogP) is 5.98. The van der Waals surface area contributed by atoms with Crippen LogP contribution in [0.4, 0.5) is 23.7 Å². The number of carbonyl (C=O) groups is 3. The molecule has 0 fully saturated rings. The molecule has 0 spiro atoms. The lowest BCUT2D eigenvalue weighted by Gasteiger charge is -2.30. The highest BCUT2D eigenvalue weighted by Gasteiger charge is 2.32. The number of nitrogens with zero attached hydrogens (tertiary/aromatic N) is 5. The van der Waals surface area contributed by atoms with Gasteiger partial charge in [-0.3, -0.25) is 14.6 Å². The second-order valence-electron chi connectivity index (χ2n) is 13.0. The number of ether oxygens (including phenoxy) is 1. The van der Waals surface area contributed by atoms with E-state index in [2.05, 4.69) is 31.0 Å². The van der Waals surface area contributed by atoms with Gasteiger partial charge in [-0.05, 0) is 69.0 Å². The third kappa shape index (κ3) is 12.4. The first kappa shape index (κ1) is 37.6. The summed E-state index contributed by atoms with van der Waals surface area (Å²) >= 11 is 0. The van der Waals surface area contributed by atoms with Crippen molar-refractivity contribution in [2.45, 2.75) is 63.9 Å². The average Bonchev–Trinajstić information content (AvgIpc) is 2.99. The molecule has 0 aliphatic rings. The molecule has 0 aliphatic carbocycles. The number of likely N-dealkylation sites (N-methyl/N-ethyl adjacent to an activating group) is 1. The third-order valence-corrected chi connectivity index (χ3v) is 7.34. The molecule has 2 atom stereocenters. The average molecular weight is 672 g/mol. The Bertz CT molecular complexity index is 1620. The number of nitrogens with one attached hydrogen (secondary N) is 3. The van der Waals surface area contributed by atoms with Crippen LogP contribution in [0.3, 0.4) is 0 Å². The number of azide groups is 1. The Balaban J connectivity index is 1.85. The van der Waals surface area contributed by atoms with Crippen LogP contribution in [0, 0.1) is 0 Å². The SMILES string of the molecule is CC(C)(C)OC(=O)N[C@@H](CCC[N+](C)(C)CCN=[N+]=[N-])C(=O)N[C@H](Cc1ccc(C(F)(F)F)cc1)C(=O)Nc1cnc2ccccc2c1. The van der Waals surface area contributed by atoms with Crippen LogP contribution >= 0.6 is 0 Å². The standard InChI is InChI=1S/C33H41F3N8O4/c1-32(2,3)48-31(47)42-27(11-8-17-44(4,5)18-16-39-43-37)29(45)41-28(19-22-12-14-24(15-13-22)33(34,35)36)30(46)40-25-20-23-9-6-7-10-26(23)38-21-25/h6-7,9-10,12-15,20-21,27-28H,8,11,16-19H2,1-5H3,(H2-,40,41,42,45,46,47)/p+1/t27-,28+/m0/s1. The zero-order valence-electron chi connectivity index (χ0n) is 27.7. The summed E-state index contributed by atoms with van der Waals surface area (Å²) in [4.78, 5) is 47.2. The summed E-state index contributed by atoms with van der Waals surface area (Å²) in [5, 5.41) is 12.4. The van der Waals surface area contributed by atoms with Gasteiger partial charge in [0.25, 0.3) is 0 Å². The first-order valence-electron chi connectivity index (χ1n) is 15.4. The van der Waals surface area contributed by atoms with Gasteiger partial charge in [0, 0.05) is 16.7 Å². The molecule has 3 N–H and O–H groups in total. The van der Waals surface area contributed by atoms with Gasteiger partial charge in [-0.1, -0.05) is 35.4 Å². The maximum atomic E-state index is 13.7. The van der Waals surface area contributed by atoms with E-state index in [0.717, 1.165) is 17.5 Å². The molecule has 3 amide bonds. The molecule has 48 heavy (non-hydrogen) atoms. The monoisotopic (exact) mass is 671 g/mol. The largest absolute Gasteiger partial charge is 0.444 e. The summed E-state index contributed by atoms with van der Waals surface area (Å²) in [6.45, 7) is 6.45. The number of rotatable bonds is 14. The van der Waals surface area contributed by atoms with Crippen LogP contribution in [0.5, 0.6) is 0 Å². The van der Waals surface area contributed by atoms with Gasteiger partial charge in [0.15, 0.2) is 0 Å². The second kappa shape index (κ2) is 16.3. The molecular formula is C33H42F3N8O4+. The molecule has 0 saturated carbocycles. The van der Waals surface area contributed by atoms with E-state index in [1.807, 2.05) is 38.4 Å². The van der Waals surface area contributed by atoms with Crippen LogP contribution < -0.4 is 16.0 Å². The number of alkyl halides is 3. The quantitative estimate of drug-likeness (QED) is 0.0832. The number of anilines is 1. The van der Waals surface area contributed by atoms with E-state index < -0.39 is 47.3 Å². The molecule has 15 heteroatoms. The van der Waals surface area contributed by atoms with Crippen molar-refractivity contribution in [3.8, 4) is 0 Å². The van der Waals surface area contributed by atoms with Gasteiger partial charge >= 0.3 is 12.3 Å². The first-order chi connectivity index (χ1) is 22.5. The fourth-order valence-electron chi connectivity index (χ4n) is 4.83. The lowest BCUT2D eigenvalue weighted by atomic mass is 10.0. The van der Waals surface area contributed by atoms with Crippen LogP contribution in [0.15, 0.2) is 65.9 Å². The summed E-state index contributed by atoms with van der Waals surface area (Å²) < 4.78 is 45.4. The highest BCUT2D eigenvalue weighted by Crippen LogP contribution is 2.29. The van der Waals surface area contributed by atoms with Gasteiger partial charge in [0.1, 0.15) is 17.7 Å². The van der Waals surface area contributed by atoms with Crippen molar-refractivity contribution in [3.05, 3.63) is 82.4 Å². The lowest BCUT2D eigenvalue weighted by Crippen LogP contribution is -2.54. The van der Waals surface area contributed by atoms with Crippen molar-refractivity contribution in [3.63, 3.8) is 0 Å². The van der Waals surface area contributed by atoms with Crippen LogP contribution in [0.1, 0.15) is 44.7 Å². The van der Waals surface area contributed by atoms with Crippen molar-refractivity contribution in [1.29, 1.82) is 0 Å². The van der Waals surface area contributed by atoms with Crippen LogP contribution in [-0.4, -0.2) is 78.8 Å². The summed E-state index contributed by atoms with van der Waals surface area (Å²) in [5.74, 6) is -1.31. The van der Waals surface area contributed by atoms with Gasteiger partial charge < -0.3 is 25.2 Å². The van der Waals surface area contributed by atoms with Gasteiger partial charge in [-0.25, -0.2) is 4.79 Å². The van der Waals surface area contributed by atoms with E-state index in [1.165, 1.54) is 18.3 Å². The molecule has 3 aromatic rings. The van der Waals surface area contributed by atoms with Crippen LogP contribution in [0.25, 0.3) is 21.3 Å². The highest BCUT2D eigenvalue weighted by molar-refractivity contribution is 5.99. The van der Waals surface area contributed by atoms with Gasteiger partial charge in [-0.2, -0.15) is 13.2 Å². The molecule has 3 rings (SSSR count). The Labute approximate surface area is 277 Å². The number of pyridine rings is 1. The summed E-state index contributed by atoms with van der Waals surface area (Å²) in [6.07, 6.45) is -3.40. The number of carbonyl (C=O) groups excluding carboxylic acids is 3. The molecule has 1 heterocycles. The number of fused-ring (bicyclic) bond motifs is 1. The first-order valence-corrected chi connectivity index (χ1v) is 15.4. The number of benzene rings is 2. The van der Waals surface area contributed by atoms with Crippen molar-refractivity contribution in [2.75, 3.05) is 39.0 Å². The molecule has 1 aromatic heterocycles. The number of amides is 3. The van der Waals surface area contributed by atoms with Crippen LogP contribution in [0.2, 0.25) is 0 Å². The van der Waals surface area contributed by atoms with Gasteiger partial charge in [0.2, 0.25) is 11.8 Å². The molecule has 0 bridgehead atoms. The predicted molar refractivity (Wildman–Crippen MR) is 176 cm³/mol. The molecular weight excluding hydrogens is 629 g/mol. The Kier molecular flexibility index (Phi) is 12.8. The number of para-hydroxylation sites is 1. The minimum Gasteiger partial charge on any atom is -0.444 e. The van der Waals surface area contributed by atoms with E-state index in [1.54, 1.807) is 26.8 Å². The van der Waals surface area contributed by atoms with Crippen molar-refractivity contribution >= 4 is 34.5 Å². The normalized spacial score (nSPS) is 13.2. The number of halogens is 3. The van der Waals surface area contributed by atoms with Crippen LogP contribution in [-0.2, 0) is 26.9 Å². The third-order valence-electron chi connectivity index (χ3n) is 7.34. The lowest BCUT2D eigenvalue weighted by molar-refractivity contribution is -0.889. The van der Waals surface area contributed by atoms with Gasteiger partial charge in [-0.15, -0.1) is 0 Å². The fraction of sp³-hybridized carbons (Fsp3) is 0.455. The van der Waals surface area contributed by atoms with E-state index in [9.17, 15) is 27.6 Å². The van der Waals surface area contributed by atoms with Crippen molar-refractivity contribution in [2.24, 2.45) is 5.11 Å². The van der Waals surface area contributed by atoms with E-state index in [4.69, 9.17) is 10.3 Å². The fourth-order valence-corrected chi connectivity index (χ4v) is 4.83. The highest BCUT2D eigenvalue weighted by atomic mass is 19.4. The van der Waals surface area contributed by atoms with E-state index in [-0.39, 0.29) is 19.4 Å². The Morgan fingerprint density at radius 3 is 2.31 bits per heavy atom. The molecule has 12 nitrogen and oxygen atoms in total. The van der Waals surface area contributed by atoms with Crippen molar-refractivity contribution < 1.29 is 36.8 Å². The summed E-state index contributed by atoms with van der Waals surface area (Å²) in [7, 11) is 3.88. The summed E-state index contributed by atoms with van der Waals surface area (Å²) in [6, 6.07) is 11.0. The number of hydrogen-bond donors (Lipinski definition) is 3. The van der Waals surface area contributed by atoms with Crippen molar-refractivity contribution in [1.82, 2.24) is 15.6 Å².